The van der Waals surface area contributed by atoms with E-state index in [0.29, 0.717) is 22.6 Å². The zero-order valence-electron chi connectivity index (χ0n) is 21.1. The molecule has 12 heteroatoms. The molecule has 196 valence electrons. The molecule has 0 saturated carbocycles. The van der Waals surface area contributed by atoms with Crippen LogP contribution in [0, 0.1) is 5.41 Å². The molecule has 12 nitrogen and oxygen atoms in total. The number of nitrogen functional groups attached to an aromatic ring is 1. The van der Waals surface area contributed by atoms with Crippen molar-refractivity contribution < 1.29 is 23.9 Å². The van der Waals surface area contributed by atoms with E-state index in [0.717, 1.165) is 9.80 Å². The number of fused-ring (bicyclic) bond motifs is 1. The minimum absolute atomic E-state index is 0.0481. The number of aromatic amines is 1. The van der Waals surface area contributed by atoms with Crippen LogP contribution >= 0.6 is 0 Å². The number of nitrogens with one attached hydrogen (secondary N) is 2. The van der Waals surface area contributed by atoms with Gasteiger partial charge in [-0.15, -0.1) is 0 Å². The van der Waals surface area contributed by atoms with E-state index in [1.807, 2.05) is 0 Å². The third kappa shape index (κ3) is 3.40. The number of amides is 4. The molecular formula is C26H26N6O6. The van der Waals surface area contributed by atoms with Crippen LogP contribution in [-0.4, -0.2) is 65.9 Å². The van der Waals surface area contributed by atoms with Gasteiger partial charge in [0, 0.05) is 20.0 Å². The van der Waals surface area contributed by atoms with Crippen LogP contribution in [-0.2, 0) is 9.59 Å². The van der Waals surface area contributed by atoms with Gasteiger partial charge in [0.05, 0.1) is 25.8 Å². The van der Waals surface area contributed by atoms with Gasteiger partial charge in [0.25, 0.3) is 5.56 Å². The minimum Gasteiger partial charge on any atom is -0.497 e. The highest BCUT2D eigenvalue weighted by Crippen LogP contribution is 2.57. The van der Waals surface area contributed by atoms with Gasteiger partial charge in [0.2, 0.25) is 17.8 Å². The molecule has 0 bridgehead atoms. The predicted molar refractivity (Wildman–Crippen MR) is 137 cm³/mol. The fourth-order valence-corrected chi connectivity index (χ4v) is 5.43. The minimum atomic E-state index is -1.99. The largest absolute Gasteiger partial charge is 0.497 e. The Morgan fingerprint density at radius 1 is 0.842 bits per heavy atom. The van der Waals surface area contributed by atoms with Crippen LogP contribution in [0.1, 0.15) is 28.7 Å². The number of nitrogens with two attached hydrogens (primary N) is 1. The Kier molecular flexibility index (Phi) is 5.81. The van der Waals surface area contributed by atoms with E-state index in [2.05, 4.69) is 15.3 Å². The number of H-pyrrole nitrogens is 1. The maximum Gasteiger partial charge on any atom is 0.332 e. The number of imide groups is 2. The number of hydrogen-bond donors (Lipinski definition) is 3. The molecule has 3 heterocycles. The first kappa shape index (κ1) is 24.8. The number of barbiturate groups is 1. The lowest BCUT2D eigenvalue weighted by Gasteiger charge is -2.52. The molecule has 3 aromatic rings. The van der Waals surface area contributed by atoms with Gasteiger partial charge in [-0.2, -0.15) is 4.98 Å². The fraction of sp³-hybridized carbons (Fsp3) is 0.269. The molecule has 2 atom stereocenters. The summed E-state index contributed by atoms with van der Waals surface area (Å²) in [6, 6.07) is 11.7. The molecule has 0 radical (unpaired) electrons. The first-order chi connectivity index (χ1) is 18.1. The van der Waals surface area contributed by atoms with Crippen molar-refractivity contribution in [2.45, 2.75) is 12.0 Å². The van der Waals surface area contributed by atoms with E-state index in [4.69, 9.17) is 15.2 Å². The highest BCUT2D eigenvalue weighted by atomic mass is 16.5. The van der Waals surface area contributed by atoms with Crippen molar-refractivity contribution in [2.75, 3.05) is 39.4 Å². The topological polar surface area (TPSA) is 160 Å². The summed E-state index contributed by atoms with van der Waals surface area (Å²) < 4.78 is 10.6. The van der Waals surface area contributed by atoms with Crippen molar-refractivity contribution in [3.8, 4) is 11.5 Å². The van der Waals surface area contributed by atoms with Crippen molar-refractivity contribution in [1.29, 1.82) is 0 Å². The highest BCUT2D eigenvalue weighted by molar-refractivity contribution is 6.20. The molecule has 1 aromatic heterocycles. The number of aromatic nitrogens is 2. The lowest BCUT2D eigenvalue weighted by molar-refractivity contribution is -0.160. The van der Waals surface area contributed by atoms with Gasteiger partial charge in [0.1, 0.15) is 17.3 Å². The van der Waals surface area contributed by atoms with Gasteiger partial charge >= 0.3 is 6.03 Å². The average Bonchev–Trinajstić information content (AvgIpc) is 2.93. The SMILES string of the molecule is COc1ccc(C2Nc3nc(N)[nH]c(=O)c3C(c3ccc(OC)cc3)C23C(=O)N(C)C(=O)N(C)C3=O)cc1. The molecule has 2 aliphatic heterocycles. The van der Waals surface area contributed by atoms with E-state index in [9.17, 15) is 19.2 Å². The Balaban J connectivity index is 1.89. The Bertz CT molecular complexity index is 1480. The van der Waals surface area contributed by atoms with Crippen LogP contribution in [0.5, 0.6) is 11.5 Å². The van der Waals surface area contributed by atoms with Crippen molar-refractivity contribution in [3.05, 3.63) is 75.6 Å². The normalized spacial score (nSPS) is 20.3. The fourth-order valence-electron chi connectivity index (χ4n) is 5.43. The zero-order chi connectivity index (χ0) is 27.4. The number of urea groups is 1. The second-order valence-electron chi connectivity index (χ2n) is 9.15. The number of anilines is 2. The highest BCUT2D eigenvalue weighted by Gasteiger charge is 2.67. The Labute approximate surface area is 217 Å². The number of carbonyl (C=O) groups excluding carboxylic acids is 3. The van der Waals surface area contributed by atoms with Crippen molar-refractivity contribution >= 4 is 29.6 Å². The predicted octanol–water partition coefficient (Wildman–Crippen LogP) is 1.70. The molecule has 2 aliphatic rings. The molecule has 1 saturated heterocycles. The summed E-state index contributed by atoms with van der Waals surface area (Å²) in [6.07, 6.45) is 0. The maximum absolute atomic E-state index is 14.3. The smallest absolute Gasteiger partial charge is 0.332 e. The van der Waals surface area contributed by atoms with Crippen LogP contribution in [0.2, 0.25) is 0 Å². The lowest BCUT2D eigenvalue weighted by Crippen LogP contribution is -2.69. The second kappa shape index (κ2) is 8.91. The Hall–Kier alpha value is -4.87. The van der Waals surface area contributed by atoms with E-state index < -0.39 is 40.8 Å². The molecule has 1 spiro atoms. The van der Waals surface area contributed by atoms with Crippen LogP contribution in [0.3, 0.4) is 0 Å². The van der Waals surface area contributed by atoms with Crippen molar-refractivity contribution in [1.82, 2.24) is 19.8 Å². The molecule has 1 fully saturated rings. The molecule has 4 amide bonds. The molecule has 2 aromatic carbocycles. The number of nitrogens with zero attached hydrogens (tertiary/aromatic N) is 3. The van der Waals surface area contributed by atoms with Gasteiger partial charge in [-0.3, -0.25) is 29.2 Å². The van der Waals surface area contributed by atoms with Crippen molar-refractivity contribution in [2.24, 2.45) is 5.41 Å². The van der Waals surface area contributed by atoms with Crippen LogP contribution in [0.4, 0.5) is 16.6 Å². The molecule has 0 aliphatic carbocycles. The first-order valence-electron chi connectivity index (χ1n) is 11.7. The van der Waals surface area contributed by atoms with Gasteiger partial charge < -0.3 is 20.5 Å². The summed E-state index contributed by atoms with van der Waals surface area (Å²) in [5.74, 6) is -1.57. The lowest BCUT2D eigenvalue weighted by atomic mass is 9.59. The summed E-state index contributed by atoms with van der Waals surface area (Å²) in [7, 11) is 5.66. The zero-order valence-corrected chi connectivity index (χ0v) is 21.1. The van der Waals surface area contributed by atoms with Gasteiger partial charge in [-0.25, -0.2) is 4.79 Å². The monoisotopic (exact) mass is 518 g/mol. The summed E-state index contributed by atoms with van der Waals surface area (Å²) in [4.78, 5) is 63.4. The van der Waals surface area contributed by atoms with Gasteiger partial charge in [0.15, 0.2) is 5.41 Å². The van der Waals surface area contributed by atoms with E-state index >= 15 is 0 Å². The molecule has 38 heavy (non-hydrogen) atoms. The third-order valence-corrected chi connectivity index (χ3v) is 7.24. The molecule has 2 unspecified atom stereocenters. The van der Waals surface area contributed by atoms with E-state index in [-0.39, 0.29) is 17.3 Å². The summed E-state index contributed by atoms with van der Waals surface area (Å²) in [5, 5.41) is 3.15. The third-order valence-electron chi connectivity index (χ3n) is 7.24. The summed E-state index contributed by atoms with van der Waals surface area (Å²) in [6.45, 7) is 0. The standard InChI is InChI=1S/C26H26N6O6/c1-31-22(34)26(23(35)32(2)25(31)36)18(13-5-9-15(37-3)10-6-13)17-20(29-24(27)30-21(17)33)28-19(26)14-7-11-16(38-4)12-8-14/h5-12,18-19H,1-4H3,(H4,27,28,29,30,33). The number of carbonyl (C=O) groups is 3. The quantitative estimate of drug-likeness (QED) is 0.437. The maximum atomic E-state index is 14.3. The Morgan fingerprint density at radius 2 is 1.34 bits per heavy atom. The number of benzene rings is 2. The first-order valence-corrected chi connectivity index (χ1v) is 11.7. The van der Waals surface area contributed by atoms with Crippen LogP contribution in [0.15, 0.2) is 53.3 Å². The molecule has 4 N–H and O–H groups in total. The number of rotatable bonds is 4. The number of ether oxygens (including phenoxy) is 2. The van der Waals surface area contributed by atoms with E-state index in [1.54, 1.807) is 48.5 Å². The Morgan fingerprint density at radius 3 is 1.84 bits per heavy atom. The molecule has 5 rings (SSSR count). The number of hydrogen-bond acceptors (Lipinski definition) is 9. The summed E-state index contributed by atoms with van der Waals surface area (Å²) in [5.41, 5.74) is 4.33. The number of methoxy groups -OCH3 is 2. The van der Waals surface area contributed by atoms with E-state index in [1.165, 1.54) is 28.3 Å². The van der Waals surface area contributed by atoms with Crippen LogP contribution in [0.25, 0.3) is 0 Å². The molecular weight excluding hydrogens is 492 g/mol. The second-order valence-corrected chi connectivity index (χ2v) is 9.15. The van der Waals surface area contributed by atoms with Gasteiger partial charge in [-0.05, 0) is 35.4 Å². The van der Waals surface area contributed by atoms with Crippen molar-refractivity contribution in [3.63, 3.8) is 0 Å². The van der Waals surface area contributed by atoms with Crippen LogP contribution < -0.4 is 26.1 Å². The summed E-state index contributed by atoms with van der Waals surface area (Å²) >= 11 is 0. The average molecular weight is 519 g/mol. The van der Waals surface area contributed by atoms with Gasteiger partial charge in [-0.1, -0.05) is 24.3 Å².